The second-order valence-corrected chi connectivity index (χ2v) is 16.5. The van der Waals surface area contributed by atoms with E-state index in [9.17, 15) is 0 Å². The van der Waals surface area contributed by atoms with Crippen LogP contribution >= 0.6 is 0 Å². The lowest BCUT2D eigenvalue weighted by molar-refractivity contribution is 0.910. The molecule has 0 radical (unpaired) electrons. The van der Waals surface area contributed by atoms with Gasteiger partial charge >= 0.3 is 0 Å². The van der Waals surface area contributed by atoms with Gasteiger partial charge in [0.1, 0.15) is 0 Å². The average Bonchev–Trinajstić information content (AvgIpc) is 3.96. The zero-order chi connectivity index (χ0) is 38.6. The zero-order valence-corrected chi connectivity index (χ0v) is 32.9. The molecule has 3 aliphatic rings. The van der Waals surface area contributed by atoms with Gasteiger partial charge in [-0.2, -0.15) is 0 Å². The topological polar surface area (TPSA) is 19.7 Å². The minimum Gasteiger partial charge on any atom is -0.308 e. The van der Waals surface area contributed by atoms with Crippen LogP contribution in [0.15, 0.2) is 146 Å². The Morgan fingerprint density at radius 3 is 1.61 bits per heavy atom. The van der Waals surface area contributed by atoms with Crippen molar-refractivity contribution in [3.05, 3.63) is 178 Å². The molecule has 0 atom stereocenters. The smallest absolute Gasteiger partial charge is 0.0788 e. The van der Waals surface area contributed by atoms with Gasteiger partial charge in [0.25, 0.3) is 0 Å². The van der Waals surface area contributed by atoms with E-state index in [0.717, 1.165) is 44.2 Å². The number of para-hydroxylation sites is 4. The van der Waals surface area contributed by atoms with E-state index in [-0.39, 0.29) is 0 Å². The first-order chi connectivity index (χ1) is 29.3. The highest BCUT2D eigenvalue weighted by molar-refractivity contribution is 6.18. The molecule has 6 aromatic carbocycles. The Balaban J connectivity index is 1.08. The van der Waals surface area contributed by atoms with Crippen molar-refractivity contribution in [3.8, 4) is 34.1 Å². The van der Waals surface area contributed by atoms with Crippen molar-refractivity contribution in [3.63, 3.8) is 0 Å². The van der Waals surface area contributed by atoms with E-state index in [1.807, 2.05) is 0 Å². The molecule has 0 N–H and O–H groups in total. The van der Waals surface area contributed by atoms with Crippen LogP contribution in [0.5, 0.6) is 0 Å². The fraction of sp³-hybridized carbons (Fsp3) is 0.127. The molecule has 0 unspecified atom stereocenters. The third-order valence-electron chi connectivity index (χ3n) is 13.4. The number of nitrogens with zero attached hydrogens (tertiary/aromatic N) is 4. The molecule has 0 saturated heterocycles. The summed E-state index contributed by atoms with van der Waals surface area (Å²) in [5, 5.41) is 10.7. The van der Waals surface area contributed by atoms with E-state index in [0.29, 0.717) is 0 Å². The minimum atomic E-state index is 1.03. The molecule has 0 saturated carbocycles. The van der Waals surface area contributed by atoms with Crippen LogP contribution in [0.4, 0.5) is 0 Å². The average molecular weight is 759 g/mol. The Morgan fingerprint density at radius 1 is 0.322 bits per heavy atom. The van der Waals surface area contributed by atoms with Crippen molar-refractivity contribution in [1.29, 1.82) is 0 Å². The number of hydrogen-bond acceptors (Lipinski definition) is 0. The van der Waals surface area contributed by atoms with Crippen molar-refractivity contribution in [2.24, 2.45) is 0 Å². The first-order valence-corrected chi connectivity index (χ1v) is 21.4. The van der Waals surface area contributed by atoms with Crippen molar-refractivity contribution in [1.82, 2.24) is 18.3 Å². The van der Waals surface area contributed by atoms with Crippen molar-refractivity contribution in [2.45, 2.75) is 44.9 Å². The predicted octanol–water partition coefficient (Wildman–Crippen LogP) is 10.3. The molecule has 59 heavy (non-hydrogen) atoms. The molecule has 13 rings (SSSR count). The SMILES string of the molecule is C1=c2c3c(n(-c4ccccc4)c2=CCC1)-c1c(c2ccccc2n1-c1ccc(-n2c4ccccc4c4ccc5c6c(n(-c7ccccc7)c5c42)=CCCCC=6)cc1)CC3. The van der Waals surface area contributed by atoms with Crippen LogP contribution in [-0.4, -0.2) is 18.3 Å². The third-order valence-corrected chi connectivity index (χ3v) is 13.4. The van der Waals surface area contributed by atoms with Crippen LogP contribution in [0, 0.1) is 0 Å². The first-order valence-electron chi connectivity index (χ1n) is 21.4. The van der Waals surface area contributed by atoms with Gasteiger partial charge in [0.05, 0.1) is 33.5 Å². The normalized spacial score (nSPS) is 14.5. The summed E-state index contributed by atoms with van der Waals surface area (Å²) in [6.07, 6.45) is 17.5. The maximum absolute atomic E-state index is 2.56. The molecular formula is C55H42N4. The number of hydrogen-bond donors (Lipinski definition) is 0. The highest BCUT2D eigenvalue weighted by Gasteiger charge is 2.31. The maximum atomic E-state index is 2.56. The summed E-state index contributed by atoms with van der Waals surface area (Å²) in [6.45, 7) is 0. The van der Waals surface area contributed by atoms with Gasteiger partial charge in [-0.25, -0.2) is 0 Å². The largest absolute Gasteiger partial charge is 0.308 e. The zero-order valence-electron chi connectivity index (χ0n) is 32.9. The monoisotopic (exact) mass is 758 g/mol. The lowest BCUT2D eigenvalue weighted by Gasteiger charge is -2.21. The molecule has 4 aromatic heterocycles. The van der Waals surface area contributed by atoms with Crippen LogP contribution in [0.2, 0.25) is 0 Å². The van der Waals surface area contributed by atoms with Crippen molar-refractivity contribution >= 4 is 67.9 Å². The fourth-order valence-corrected chi connectivity index (χ4v) is 11.0. The number of aromatic nitrogens is 4. The quantitative estimate of drug-likeness (QED) is 0.170. The predicted molar refractivity (Wildman–Crippen MR) is 246 cm³/mol. The summed E-state index contributed by atoms with van der Waals surface area (Å²) in [6, 6.07) is 54.1. The lowest BCUT2D eigenvalue weighted by Crippen LogP contribution is -2.31. The van der Waals surface area contributed by atoms with Crippen molar-refractivity contribution < 1.29 is 0 Å². The minimum absolute atomic E-state index is 1.03. The molecule has 0 aliphatic heterocycles. The summed E-state index contributed by atoms with van der Waals surface area (Å²) in [7, 11) is 0. The van der Waals surface area contributed by atoms with Crippen LogP contribution in [-0.2, 0) is 12.8 Å². The molecule has 0 fully saturated rings. The fourth-order valence-electron chi connectivity index (χ4n) is 11.0. The van der Waals surface area contributed by atoms with E-state index in [1.54, 1.807) is 0 Å². The van der Waals surface area contributed by atoms with E-state index < -0.39 is 0 Å². The molecule has 0 spiro atoms. The highest BCUT2D eigenvalue weighted by Crippen LogP contribution is 2.43. The second kappa shape index (κ2) is 12.7. The van der Waals surface area contributed by atoms with E-state index in [4.69, 9.17) is 0 Å². The Hall–Kier alpha value is -7.04. The molecule has 282 valence electrons. The van der Waals surface area contributed by atoms with Crippen LogP contribution in [0.3, 0.4) is 0 Å². The number of benzene rings is 6. The Labute approximate surface area is 341 Å². The first kappa shape index (κ1) is 33.0. The number of aryl methyl sites for hydroxylation is 1. The maximum Gasteiger partial charge on any atom is 0.0788 e. The van der Waals surface area contributed by atoms with Gasteiger partial charge in [0.15, 0.2) is 0 Å². The summed E-state index contributed by atoms with van der Waals surface area (Å²) >= 11 is 0. The van der Waals surface area contributed by atoms with Crippen LogP contribution in [0.1, 0.15) is 43.2 Å². The molecule has 0 amide bonds. The van der Waals surface area contributed by atoms with E-state index >= 15 is 0 Å². The molecule has 4 heterocycles. The van der Waals surface area contributed by atoms with Crippen LogP contribution < -0.4 is 21.1 Å². The molecule has 3 aliphatic carbocycles. The van der Waals surface area contributed by atoms with Crippen molar-refractivity contribution in [2.75, 3.05) is 0 Å². The summed E-state index contributed by atoms with van der Waals surface area (Å²) < 4.78 is 10.2. The molecular weight excluding hydrogens is 717 g/mol. The second-order valence-electron chi connectivity index (χ2n) is 16.5. The Kier molecular flexibility index (Phi) is 7.12. The molecule has 10 aromatic rings. The van der Waals surface area contributed by atoms with Gasteiger partial charge in [-0.15, -0.1) is 0 Å². The third kappa shape index (κ3) is 4.66. The summed E-state index contributed by atoms with van der Waals surface area (Å²) in [5.41, 5.74) is 15.4. The van der Waals surface area contributed by atoms with E-state index in [2.05, 4.69) is 188 Å². The van der Waals surface area contributed by atoms with Gasteiger partial charge < -0.3 is 18.3 Å². The standard InChI is InChI=1S/C55H42N4/c1-4-16-36(17-5-1)56-48-24-9-3-8-20-40(48)44-32-34-46-42-22-11-14-26-50(42)58(54(46)52(44)56)38-28-30-39(31-29-38)59-51-27-15-12-23-43(51)47-35-33-45-41-21-10-13-25-49(41)57(53(45)55(47)59)37-18-6-2-7-19-37/h1-2,4-7,11-12,14-32,34H,3,8-10,13,33,35H2. The van der Waals surface area contributed by atoms with Gasteiger partial charge in [0.2, 0.25) is 0 Å². The molecule has 0 bridgehead atoms. The highest BCUT2D eigenvalue weighted by atomic mass is 15.1. The van der Waals surface area contributed by atoms with Gasteiger partial charge in [-0.1, -0.05) is 109 Å². The number of rotatable bonds is 4. The van der Waals surface area contributed by atoms with Gasteiger partial charge in [-0.3, -0.25) is 0 Å². The lowest BCUT2D eigenvalue weighted by atomic mass is 9.92. The Morgan fingerprint density at radius 2 is 0.831 bits per heavy atom. The molecule has 4 heteroatoms. The molecule has 4 nitrogen and oxygen atoms in total. The van der Waals surface area contributed by atoms with E-state index in [1.165, 1.54) is 111 Å². The number of fused-ring (bicyclic) bond motifs is 14. The summed E-state index contributed by atoms with van der Waals surface area (Å²) in [4.78, 5) is 0. The Bertz CT molecular complexity index is 3610. The summed E-state index contributed by atoms with van der Waals surface area (Å²) in [5.74, 6) is 0. The van der Waals surface area contributed by atoms with Crippen LogP contribution in [0.25, 0.3) is 102 Å². The van der Waals surface area contributed by atoms with Gasteiger partial charge in [-0.05, 0) is 122 Å². The van der Waals surface area contributed by atoms with Gasteiger partial charge in [0, 0.05) is 60.2 Å².